The van der Waals surface area contributed by atoms with Crippen molar-refractivity contribution in [3.63, 3.8) is 0 Å². The molecule has 0 bridgehead atoms. The second-order valence-electron chi connectivity index (χ2n) is 4.25. The predicted octanol–water partition coefficient (Wildman–Crippen LogP) is 1.45. The molecule has 0 saturated heterocycles. The summed E-state index contributed by atoms with van der Waals surface area (Å²) in [4.78, 5) is 11.2. The Labute approximate surface area is 105 Å². The van der Waals surface area contributed by atoms with E-state index in [-0.39, 0.29) is 18.9 Å². The molecule has 0 aliphatic heterocycles. The molecule has 18 heavy (non-hydrogen) atoms. The first-order valence-electron chi connectivity index (χ1n) is 5.96. The van der Waals surface area contributed by atoms with Crippen LogP contribution in [0.5, 0.6) is 0 Å². The lowest BCUT2D eigenvalue weighted by Crippen LogP contribution is -2.27. The van der Waals surface area contributed by atoms with Crippen molar-refractivity contribution in [3.8, 4) is 0 Å². The molecule has 0 rings (SSSR count). The normalized spacial score (nSPS) is 13.4. The van der Waals surface area contributed by atoms with E-state index in [0.717, 1.165) is 12.8 Å². The summed E-state index contributed by atoms with van der Waals surface area (Å²) >= 11 is 0. The molecule has 0 aliphatic carbocycles. The average Bonchev–Trinajstić information content (AvgIpc) is 2.28. The summed E-state index contributed by atoms with van der Waals surface area (Å²) in [6.07, 6.45) is -2.66. The van der Waals surface area contributed by atoms with E-state index in [0.29, 0.717) is 19.0 Å². The molecule has 0 aromatic heterocycles. The van der Waals surface area contributed by atoms with Gasteiger partial charge in [-0.05, 0) is 25.3 Å². The Bertz CT molecular complexity index is 235. The quantitative estimate of drug-likeness (QED) is 0.623. The van der Waals surface area contributed by atoms with Crippen LogP contribution in [0.2, 0.25) is 0 Å². The van der Waals surface area contributed by atoms with Crippen molar-refractivity contribution in [2.45, 2.75) is 32.4 Å². The molecule has 0 radical (unpaired) electrons. The first-order valence-corrected chi connectivity index (χ1v) is 5.96. The fourth-order valence-electron chi connectivity index (χ4n) is 1.24. The minimum Gasteiger partial charge on any atom is -0.372 e. The molecular weight excluding hydrogens is 249 g/mol. The van der Waals surface area contributed by atoms with Gasteiger partial charge >= 0.3 is 6.18 Å². The first-order chi connectivity index (χ1) is 8.35. The van der Waals surface area contributed by atoms with Gasteiger partial charge in [0.1, 0.15) is 6.61 Å². The molecule has 4 nitrogen and oxygen atoms in total. The lowest BCUT2D eigenvalue weighted by Gasteiger charge is -2.09. The summed E-state index contributed by atoms with van der Waals surface area (Å²) in [6, 6.07) is 0. The van der Waals surface area contributed by atoms with Gasteiger partial charge in [0, 0.05) is 13.0 Å². The van der Waals surface area contributed by atoms with E-state index < -0.39 is 12.8 Å². The third kappa shape index (κ3) is 11.7. The number of nitrogens with two attached hydrogens (primary N) is 1. The van der Waals surface area contributed by atoms with Crippen LogP contribution >= 0.6 is 0 Å². The van der Waals surface area contributed by atoms with Gasteiger partial charge in [-0.3, -0.25) is 4.79 Å². The van der Waals surface area contributed by atoms with E-state index in [4.69, 9.17) is 5.73 Å². The molecule has 1 unspecified atom stereocenters. The molecule has 7 heteroatoms. The van der Waals surface area contributed by atoms with E-state index in [2.05, 4.69) is 10.1 Å². The number of alkyl halides is 3. The Morgan fingerprint density at radius 1 is 1.44 bits per heavy atom. The zero-order valence-corrected chi connectivity index (χ0v) is 10.6. The van der Waals surface area contributed by atoms with Gasteiger partial charge < -0.3 is 15.8 Å². The summed E-state index contributed by atoms with van der Waals surface area (Å²) in [5, 5.41) is 2.62. The number of carbonyl (C=O) groups is 1. The van der Waals surface area contributed by atoms with Crippen LogP contribution in [-0.4, -0.2) is 38.4 Å². The Morgan fingerprint density at radius 2 is 2.11 bits per heavy atom. The Balaban J connectivity index is 3.38. The highest BCUT2D eigenvalue weighted by Crippen LogP contribution is 2.14. The molecule has 0 fully saturated rings. The van der Waals surface area contributed by atoms with E-state index in [1.807, 2.05) is 6.92 Å². The second kappa shape index (κ2) is 9.16. The first kappa shape index (κ1) is 17.2. The zero-order valence-electron chi connectivity index (χ0n) is 10.6. The van der Waals surface area contributed by atoms with Crippen LogP contribution in [0.4, 0.5) is 13.2 Å². The Morgan fingerprint density at radius 3 is 2.67 bits per heavy atom. The highest BCUT2D eigenvalue weighted by molar-refractivity contribution is 5.75. The molecule has 1 amide bonds. The number of amides is 1. The van der Waals surface area contributed by atoms with Crippen LogP contribution in [0.1, 0.15) is 26.2 Å². The van der Waals surface area contributed by atoms with Crippen molar-refractivity contribution in [1.29, 1.82) is 0 Å². The van der Waals surface area contributed by atoms with Crippen LogP contribution in [0.3, 0.4) is 0 Å². The molecule has 0 heterocycles. The van der Waals surface area contributed by atoms with Crippen molar-refractivity contribution >= 4 is 5.91 Å². The molecule has 1 atom stereocenters. The molecule has 0 spiro atoms. The minimum atomic E-state index is -4.34. The number of hydrogen-bond donors (Lipinski definition) is 2. The fourth-order valence-corrected chi connectivity index (χ4v) is 1.24. The minimum absolute atomic E-state index is 0.0531. The van der Waals surface area contributed by atoms with Crippen molar-refractivity contribution in [1.82, 2.24) is 5.32 Å². The van der Waals surface area contributed by atoms with Gasteiger partial charge in [0.15, 0.2) is 0 Å². The highest BCUT2D eigenvalue weighted by atomic mass is 19.4. The van der Waals surface area contributed by atoms with Gasteiger partial charge in [0.25, 0.3) is 0 Å². The van der Waals surface area contributed by atoms with Gasteiger partial charge in [0.05, 0.1) is 6.61 Å². The maximum absolute atomic E-state index is 11.7. The van der Waals surface area contributed by atoms with Crippen molar-refractivity contribution < 1.29 is 22.7 Å². The van der Waals surface area contributed by atoms with Crippen molar-refractivity contribution in [3.05, 3.63) is 0 Å². The molecule has 0 aliphatic rings. The molecule has 3 N–H and O–H groups in total. The van der Waals surface area contributed by atoms with Crippen LogP contribution in [0, 0.1) is 5.92 Å². The SMILES string of the molecule is CC(CN)CCCNC(=O)CCOCC(F)(F)F. The zero-order chi connectivity index (χ0) is 14.0. The van der Waals surface area contributed by atoms with Gasteiger partial charge in [-0.25, -0.2) is 0 Å². The standard InChI is InChI=1S/C11H21F3N2O2/c1-9(7-15)3-2-5-16-10(17)4-6-18-8-11(12,13)14/h9H,2-8,15H2,1H3,(H,16,17). The van der Waals surface area contributed by atoms with Gasteiger partial charge in [-0.15, -0.1) is 0 Å². The van der Waals surface area contributed by atoms with E-state index >= 15 is 0 Å². The van der Waals surface area contributed by atoms with E-state index in [1.54, 1.807) is 0 Å². The second-order valence-corrected chi connectivity index (χ2v) is 4.25. The fraction of sp³-hybridized carbons (Fsp3) is 0.909. The predicted molar refractivity (Wildman–Crippen MR) is 62.0 cm³/mol. The van der Waals surface area contributed by atoms with E-state index in [1.165, 1.54) is 0 Å². The Hall–Kier alpha value is -0.820. The van der Waals surface area contributed by atoms with Crippen LogP contribution in [-0.2, 0) is 9.53 Å². The summed E-state index contributed by atoms with van der Waals surface area (Å²) in [7, 11) is 0. The lowest BCUT2D eigenvalue weighted by molar-refractivity contribution is -0.174. The summed E-state index contributed by atoms with van der Waals surface area (Å²) in [5.41, 5.74) is 5.43. The molecule has 0 saturated carbocycles. The smallest absolute Gasteiger partial charge is 0.372 e. The topological polar surface area (TPSA) is 64.3 Å². The van der Waals surface area contributed by atoms with E-state index in [9.17, 15) is 18.0 Å². The molecule has 0 aromatic rings. The largest absolute Gasteiger partial charge is 0.411 e. The number of halogens is 3. The number of nitrogens with one attached hydrogen (secondary N) is 1. The van der Waals surface area contributed by atoms with Crippen LogP contribution < -0.4 is 11.1 Å². The number of rotatable bonds is 9. The molecule has 108 valence electrons. The molecule has 0 aromatic carbocycles. The summed E-state index contributed by atoms with van der Waals surface area (Å²) in [5.74, 6) is 0.120. The third-order valence-corrected chi connectivity index (χ3v) is 2.34. The third-order valence-electron chi connectivity index (χ3n) is 2.34. The highest BCUT2D eigenvalue weighted by Gasteiger charge is 2.27. The van der Waals surface area contributed by atoms with Gasteiger partial charge in [0.2, 0.25) is 5.91 Å². The number of carbonyl (C=O) groups excluding carboxylic acids is 1. The summed E-state index contributed by atoms with van der Waals surface area (Å²) < 4.78 is 39.4. The van der Waals surface area contributed by atoms with Crippen LogP contribution in [0.25, 0.3) is 0 Å². The van der Waals surface area contributed by atoms with Gasteiger partial charge in [-0.2, -0.15) is 13.2 Å². The molecular formula is C11H21F3N2O2. The lowest BCUT2D eigenvalue weighted by atomic mass is 10.1. The summed E-state index contributed by atoms with van der Waals surface area (Å²) in [6.45, 7) is 1.62. The Kier molecular flexibility index (Phi) is 8.74. The maximum atomic E-state index is 11.7. The monoisotopic (exact) mass is 270 g/mol. The van der Waals surface area contributed by atoms with Crippen LogP contribution in [0.15, 0.2) is 0 Å². The average molecular weight is 270 g/mol. The maximum Gasteiger partial charge on any atom is 0.411 e. The number of ether oxygens (including phenoxy) is 1. The van der Waals surface area contributed by atoms with Crippen molar-refractivity contribution in [2.24, 2.45) is 11.7 Å². The van der Waals surface area contributed by atoms with Gasteiger partial charge in [-0.1, -0.05) is 6.92 Å². The number of hydrogen-bond acceptors (Lipinski definition) is 3. The van der Waals surface area contributed by atoms with Crippen molar-refractivity contribution in [2.75, 3.05) is 26.3 Å².